The van der Waals surface area contributed by atoms with Crippen LogP contribution >= 0.6 is 12.2 Å². The fourth-order valence-corrected chi connectivity index (χ4v) is 4.10. The third-order valence-corrected chi connectivity index (χ3v) is 5.86. The summed E-state index contributed by atoms with van der Waals surface area (Å²) in [6.07, 6.45) is -0.941. The third-order valence-electron chi connectivity index (χ3n) is 5.64. The second-order valence-electron chi connectivity index (χ2n) is 11.7. The number of benzene rings is 2. The highest BCUT2D eigenvalue weighted by atomic mass is 32.1. The number of amides is 2. The van der Waals surface area contributed by atoms with E-state index < -0.39 is 29.1 Å². The van der Waals surface area contributed by atoms with E-state index in [-0.39, 0.29) is 13.2 Å². The maximum atomic E-state index is 11.7. The van der Waals surface area contributed by atoms with Crippen molar-refractivity contribution in [2.24, 2.45) is 0 Å². The van der Waals surface area contributed by atoms with Crippen molar-refractivity contribution in [1.29, 1.82) is 0 Å². The number of carbonyl (C=O) groups excluding carboxylic acids is 2. The standard InChI is InChI=1S/C15H17N3O5.C14H18N2O3S/c1-15(2,3)22-13(19)16-7-9-4-5-11-10(6-9)18-12(8-21-11)17-23-14(18)20;1-14(2,3)19-13(17)15-7-9-4-5-11-10(6-9)16-12(20)8-18-11/h4-6H,7-8H2,1-3H3,(H,16,19);4-6H,7-8H2,1-3H3,(H,15,17)(H,16,20). The number of hydrogen-bond acceptors (Lipinski definition) is 10. The zero-order valence-corrected chi connectivity index (χ0v) is 25.7. The Hall–Kier alpha value is -4.59. The van der Waals surface area contributed by atoms with Gasteiger partial charge in [0.25, 0.3) is 0 Å². The van der Waals surface area contributed by atoms with Crippen LogP contribution < -0.4 is 31.2 Å². The first kappa shape index (κ1) is 31.3. The fourth-order valence-electron chi connectivity index (χ4n) is 3.94. The van der Waals surface area contributed by atoms with Crippen LogP contribution in [0.1, 0.15) is 58.5 Å². The van der Waals surface area contributed by atoms with Gasteiger partial charge in [0, 0.05) is 13.1 Å². The van der Waals surface area contributed by atoms with Crippen molar-refractivity contribution in [2.45, 2.75) is 72.4 Å². The van der Waals surface area contributed by atoms with E-state index in [0.717, 1.165) is 22.6 Å². The van der Waals surface area contributed by atoms with Gasteiger partial charge in [-0.1, -0.05) is 29.5 Å². The Kier molecular flexibility index (Phi) is 9.28. The summed E-state index contributed by atoms with van der Waals surface area (Å²) < 4.78 is 27.4. The Balaban J connectivity index is 0.000000199. The number of fused-ring (bicyclic) bond motifs is 4. The highest BCUT2D eigenvalue weighted by Crippen LogP contribution is 2.29. The fraction of sp³-hybridized carbons (Fsp3) is 0.414. The van der Waals surface area contributed by atoms with Gasteiger partial charge in [0.2, 0.25) is 0 Å². The zero-order chi connectivity index (χ0) is 31.4. The number of aromatic nitrogens is 2. The summed E-state index contributed by atoms with van der Waals surface area (Å²) in [5.41, 5.74) is 2.04. The number of carbonyl (C=O) groups is 2. The van der Waals surface area contributed by atoms with Crippen LogP contribution in [0, 0.1) is 0 Å². The number of ether oxygens (including phenoxy) is 4. The first-order valence-corrected chi connectivity index (χ1v) is 13.9. The molecule has 2 aromatic carbocycles. The molecule has 3 aromatic rings. The van der Waals surface area contributed by atoms with Crippen LogP contribution in [-0.4, -0.2) is 44.7 Å². The summed E-state index contributed by atoms with van der Waals surface area (Å²) in [6, 6.07) is 10.9. The van der Waals surface area contributed by atoms with Crippen LogP contribution in [0.3, 0.4) is 0 Å². The predicted octanol–water partition coefficient (Wildman–Crippen LogP) is 4.59. The van der Waals surface area contributed by atoms with Gasteiger partial charge in [-0.25, -0.2) is 19.0 Å². The maximum absolute atomic E-state index is 11.7. The molecule has 2 aliphatic rings. The van der Waals surface area contributed by atoms with Crippen LogP contribution in [0.2, 0.25) is 0 Å². The molecule has 1 aromatic heterocycles. The number of nitrogens with one attached hydrogen (secondary N) is 3. The molecule has 0 saturated heterocycles. The molecule has 3 heterocycles. The van der Waals surface area contributed by atoms with Gasteiger partial charge in [-0.2, -0.15) is 0 Å². The molecule has 0 radical (unpaired) electrons. The second kappa shape index (κ2) is 12.7. The van der Waals surface area contributed by atoms with Gasteiger partial charge in [0.1, 0.15) is 34.3 Å². The van der Waals surface area contributed by atoms with Crippen LogP contribution in [0.4, 0.5) is 15.3 Å². The van der Waals surface area contributed by atoms with Crippen LogP contribution in [-0.2, 0) is 29.2 Å². The molecule has 0 atom stereocenters. The molecule has 0 bridgehead atoms. The Labute approximate surface area is 253 Å². The lowest BCUT2D eigenvalue weighted by Gasteiger charge is -2.21. The smallest absolute Gasteiger partial charge is 0.446 e. The largest absolute Gasteiger partial charge is 0.484 e. The molecule has 3 N–H and O–H groups in total. The zero-order valence-electron chi connectivity index (χ0n) is 24.9. The van der Waals surface area contributed by atoms with Gasteiger partial charge in [0.15, 0.2) is 12.4 Å². The minimum Gasteiger partial charge on any atom is -0.484 e. The topological polar surface area (TPSA) is 155 Å². The van der Waals surface area contributed by atoms with Gasteiger partial charge < -0.3 is 34.9 Å². The van der Waals surface area contributed by atoms with Crippen molar-refractivity contribution in [1.82, 2.24) is 20.4 Å². The summed E-state index contributed by atoms with van der Waals surface area (Å²) in [6.45, 7) is 12.1. The van der Waals surface area contributed by atoms with Crippen LogP contribution in [0.25, 0.3) is 5.69 Å². The van der Waals surface area contributed by atoms with E-state index in [1.54, 1.807) is 39.0 Å². The van der Waals surface area contributed by atoms with E-state index in [0.29, 0.717) is 35.4 Å². The van der Waals surface area contributed by atoms with Crippen LogP contribution in [0.5, 0.6) is 11.5 Å². The van der Waals surface area contributed by atoms with Crippen molar-refractivity contribution in [3.63, 3.8) is 0 Å². The summed E-state index contributed by atoms with van der Waals surface area (Å²) in [5.74, 6) is 1.16. The summed E-state index contributed by atoms with van der Waals surface area (Å²) in [7, 11) is 0. The van der Waals surface area contributed by atoms with Gasteiger partial charge in [-0.05, 0) is 76.9 Å². The lowest BCUT2D eigenvalue weighted by Crippen LogP contribution is -2.32. The highest BCUT2D eigenvalue weighted by molar-refractivity contribution is 7.80. The normalized spacial score (nSPS) is 13.3. The number of alkyl carbamates (subject to hydrolysis) is 2. The molecule has 0 aliphatic carbocycles. The predicted molar refractivity (Wildman–Crippen MR) is 161 cm³/mol. The van der Waals surface area contributed by atoms with E-state index in [4.69, 9.17) is 31.2 Å². The monoisotopic (exact) mass is 613 g/mol. The molecule has 2 aliphatic heterocycles. The molecule has 14 heteroatoms. The Morgan fingerprint density at radius 3 is 2.07 bits per heavy atom. The Bertz CT molecular complexity index is 1570. The molecule has 5 rings (SSSR count). The van der Waals surface area contributed by atoms with Crippen molar-refractivity contribution in [3.05, 3.63) is 63.9 Å². The summed E-state index contributed by atoms with van der Waals surface area (Å²) in [5, 5.41) is 12.1. The number of hydrogen-bond donors (Lipinski definition) is 3. The average Bonchev–Trinajstić information content (AvgIpc) is 3.30. The van der Waals surface area contributed by atoms with Gasteiger partial charge in [-0.3, -0.25) is 4.52 Å². The SMILES string of the molecule is CC(C)(C)OC(=O)NCc1ccc2c(c1)-n1c(noc1=O)CO2.CC(C)(C)OC(=O)NCc1ccc2c(c1)NC(=S)CO2. The molecular formula is C29H35N5O8S. The number of anilines is 1. The van der Waals surface area contributed by atoms with E-state index in [2.05, 4.69) is 25.6 Å². The Morgan fingerprint density at radius 2 is 1.47 bits per heavy atom. The molecule has 0 saturated carbocycles. The maximum Gasteiger partial charge on any atom is 0.446 e. The van der Waals surface area contributed by atoms with Crippen molar-refractivity contribution in [2.75, 3.05) is 11.9 Å². The van der Waals surface area contributed by atoms with Gasteiger partial charge in [-0.15, -0.1) is 0 Å². The van der Waals surface area contributed by atoms with Crippen LogP contribution in [0.15, 0.2) is 45.7 Å². The Morgan fingerprint density at radius 1 is 0.907 bits per heavy atom. The lowest BCUT2D eigenvalue weighted by atomic mass is 10.1. The van der Waals surface area contributed by atoms with Gasteiger partial charge in [0.05, 0.1) is 11.4 Å². The van der Waals surface area contributed by atoms with Crippen molar-refractivity contribution in [3.8, 4) is 17.2 Å². The molecule has 43 heavy (non-hydrogen) atoms. The van der Waals surface area contributed by atoms with E-state index in [1.807, 2.05) is 39.0 Å². The number of thiocarbonyl (C=S) groups is 1. The first-order valence-electron chi connectivity index (χ1n) is 13.5. The van der Waals surface area contributed by atoms with Crippen molar-refractivity contribution < 1.29 is 33.1 Å². The molecule has 2 amide bonds. The van der Waals surface area contributed by atoms with E-state index in [9.17, 15) is 14.4 Å². The van der Waals surface area contributed by atoms with Gasteiger partial charge >= 0.3 is 17.9 Å². The number of rotatable bonds is 4. The third kappa shape index (κ3) is 8.95. The van der Waals surface area contributed by atoms with E-state index >= 15 is 0 Å². The lowest BCUT2D eigenvalue weighted by molar-refractivity contribution is 0.0512. The second-order valence-corrected chi connectivity index (χ2v) is 12.2. The molecular weight excluding hydrogens is 578 g/mol. The van der Waals surface area contributed by atoms with Crippen molar-refractivity contribution >= 4 is 35.1 Å². The molecule has 13 nitrogen and oxygen atoms in total. The quantitative estimate of drug-likeness (QED) is 0.354. The molecule has 0 fully saturated rings. The summed E-state index contributed by atoms with van der Waals surface area (Å²) >= 11 is 5.07. The summed E-state index contributed by atoms with van der Waals surface area (Å²) in [4.78, 5) is 35.7. The highest BCUT2D eigenvalue weighted by Gasteiger charge is 2.23. The minimum absolute atomic E-state index is 0.175. The molecule has 0 spiro atoms. The number of nitrogens with zero attached hydrogens (tertiary/aromatic N) is 2. The first-order chi connectivity index (χ1) is 20.2. The van der Waals surface area contributed by atoms with E-state index in [1.165, 1.54) is 4.57 Å². The minimum atomic E-state index is -0.568. The average molecular weight is 614 g/mol. The molecule has 230 valence electrons. The molecule has 0 unspecified atom stereocenters.